The highest BCUT2D eigenvalue weighted by atomic mass is 16.5. The molecule has 1 fully saturated rings. The monoisotopic (exact) mass is 229 g/mol. The molecule has 1 aliphatic rings. The van der Waals surface area contributed by atoms with E-state index in [9.17, 15) is 0 Å². The molecule has 2 aromatic rings. The van der Waals surface area contributed by atoms with Gasteiger partial charge in [0.25, 0.3) is 0 Å². The summed E-state index contributed by atoms with van der Waals surface area (Å²) in [4.78, 5) is 0. The van der Waals surface area contributed by atoms with Gasteiger partial charge in [0.1, 0.15) is 0 Å². The van der Waals surface area contributed by atoms with E-state index in [0.29, 0.717) is 0 Å². The standard InChI is InChI=1S/C15H19NO/c1-11-14(15(2)9-6-10-17-15)12-7-4-5-8-13(12)16(11)3/h4-5,7-8H,6,9-10H2,1-3H3. The summed E-state index contributed by atoms with van der Waals surface area (Å²) in [7, 11) is 2.14. The number of benzene rings is 1. The molecule has 0 saturated carbocycles. The van der Waals surface area contributed by atoms with Gasteiger partial charge in [0.2, 0.25) is 0 Å². The number of nitrogens with zero attached hydrogens (tertiary/aromatic N) is 1. The zero-order chi connectivity index (χ0) is 12.0. The molecule has 0 spiro atoms. The second-order valence-electron chi connectivity index (χ2n) is 5.22. The highest BCUT2D eigenvalue weighted by Gasteiger charge is 2.36. The molecule has 1 aliphatic heterocycles. The van der Waals surface area contributed by atoms with Crippen molar-refractivity contribution < 1.29 is 4.74 Å². The predicted molar refractivity (Wildman–Crippen MR) is 70.2 cm³/mol. The van der Waals surface area contributed by atoms with Crippen molar-refractivity contribution in [1.29, 1.82) is 0 Å². The summed E-state index contributed by atoms with van der Waals surface area (Å²) >= 11 is 0. The Bertz CT molecular complexity index is 562. The average molecular weight is 229 g/mol. The summed E-state index contributed by atoms with van der Waals surface area (Å²) in [5, 5.41) is 1.34. The molecule has 1 aromatic heterocycles. The Hall–Kier alpha value is -1.28. The summed E-state index contributed by atoms with van der Waals surface area (Å²) in [6, 6.07) is 8.61. The molecule has 0 amide bonds. The van der Waals surface area contributed by atoms with Crippen LogP contribution < -0.4 is 0 Å². The van der Waals surface area contributed by atoms with E-state index in [2.05, 4.69) is 49.7 Å². The molecule has 17 heavy (non-hydrogen) atoms. The van der Waals surface area contributed by atoms with Crippen molar-refractivity contribution in [3.63, 3.8) is 0 Å². The Labute approximate surface area is 102 Å². The number of aromatic nitrogens is 1. The van der Waals surface area contributed by atoms with E-state index in [4.69, 9.17) is 4.74 Å². The molecule has 1 aromatic carbocycles. The average Bonchev–Trinajstić information content (AvgIpc) is 2.85. The first-order valence-electron chi connectivity index (χ1n) is 6.32. The Balaban J connectivity index is 2.32. The van der Waals surface area contributed by atoms with Crippen LogP contribution in [0.1, 0.15) is 31.0 Å². The van der Waals surface area contributed by atoms with E-state index in [0.717, 1.165) is 13.0 Å². The molecule has 0 N–H and O–H groups in total. The van der Waals surface area contributed by atoms with Gasteiger partial charge in [-0.2, -0.15) is 0 Å². The molecular weight excluding hydrogens is 210 g/mol. The zero-order valence-corrected chi connectivity index (χ0v) is 10.8. The van der Waals surface area contributed by atoms with Crippen LogP contribution in [0.15, 0.2) is 24.3 Å². The number of aryl methyl sites for hydroxylation is 1. The molecule has 0 radical (unpaired) electrons. The molecule has 0 aliphatic carbocycles. The first-order chi connectivity index (χ1) is 8.13. The largest absolute Gasteiger partial charge is 0.370 e. The van der Waals surface area contributed by atoms with Crippen LogP contribution in [0.4, 0.5) is 0 Å². The van der Waals surface area contributed by atoms with Gasteiger partial charge in [-0.25, -0.2) is 0 Å². The third kappa shape index (κ3) is 1.44. The van der Waals surface area contributed by atoms with Crippen molar-refractivity contribution in [1.82, 2.24) is 4.57 Å². The molecule has 1 unspecified atom stereocenters. The van der Waals surface area contributed by atoms with E-state index < -0.39 is 0 Å². The van der Waals surface area contributed by atoms with Crippen LogP contribution in [0.2, 0.25) is 0 Å². The van der Waals surface area contributed by atoms with Gasteiger partial charge in [-0.15, -0.1) is 0 Å². The van der Waals surface area contributed by atoms with Gasteiger partial charge in [-0.1, -0.05) is 18.2 Å². The normalized spacial score (nSPS) is 24.6. The molecule has 1 atom stereocenters. The van der Waals surface area contributed by atoms with E-state index in [-0.39, 0.29) is 5.60 Å². The minimum atomic E-state index is -0.0923. The quantitative estimate of drug-likeness (QED) is 0.730. The number of rotatable bonds is 1. The lowest BCUT2D eigenvalue weighted by Crippen LogP contribution is -2.21. The van der Waals surface area contributed by atoms with Crippen molar-refractivity contribution in [2.75, 3.05) is 6.61 Å². The molecule has 0 bridgehead atoms. The first kappa shape index (κ1) is 10.8. The van der Waals surface area contributed by atoms with Gasteiger partial charge in [0, 0.05) is 35.8 Å². The minimum Gasteiger partial charge on any atom is -0.370 e. The highest BCUT2D eigenvalue weighted by Crippen LogP contribution is 2.41. The fourth-order valence-corrected chi connectivity index (χ4v) is 3.16. The van der Waals surface area contributed by atoms with Gasteiger partial charge in [0.05, 0.1) is 5.60 Å². The summed E-state index contributed by atoms with van der Waals surface area (Å²) in [6.07, 6.45) is 2.29. The lowest BCUT2D eigenvalue weighted by atomic mass is 9.90. The van der Waals surface area contributed by atoms with E-state index in [1.54, 1.807) is 0 Å². The molecule has 2 nitrogen and oxygen atoms in total. The van der Waals surface area contributed by atoms with Gasteiger partial charge < -0.3 is 9.30 Å². The number of hydrogen-bond donors (Lipinski definition) is 0. The Morgan fingerprint density at radius 1 is 1.29 bits per heavy atom. The third-order valence-electron chi connectivity index (χ3n) is 4.15. The van der Waals surface area contributed by atoms with E-state index >= 15 is 0 Å². The molecule has 1 saturated heterocycles. The highest BCUT2D eigenvalue weighted by molar-refractivity contribution is 5.86. The fourth-order valence-electron chi connectivity index (χ4n) is 3.16. The first-order valence-corrected chi connectivity index (χ1v) is 6.32. The number of fused-ring (bicyclic) bond motifs is 1. The van der Waals surface area contributed by atoms with Gasteiger partial charge in [-0.05, 0) is 32.8 Å². The van der Waals surface area contributed by atoms with Crippen LogP contribution in [-0.2, 0) is 17.4 Å². The zero-order valence-electron chi connectivity index (χ0n) is 10.8. The summed E-state index contributed by atoms with van der Waals surface area (Å²) in [5.41, 5.74) is 3.92. The second-order valence-corrected chi connectivity index (χ2v) is 5.22. The van der Waals surface area contributed by atoms with Crippen LogP contribution in [-0.4, -0.2) is 11.2 Å². The Morgan fingerprint density at radius 3 is 2.76 bits per heavy atom. The van der Waals surface area contributed by atoms with Crippen molar-refractivity contribution in [3.8, 4) is 0 Å². The smallest absolute Gasteiger partial charge is 0.0927 e. The lowest BCUT2D eigenvalue weighted by Gasteiger charge is -2.24. The fraction of sp³-hybridized carbons (Fsp3) is 0.467. The van der Waals surface area contributed by atoms with E-state index in [1.807, 2.05) is 0 Å². The van der Waals surface area contributed by atoms with Gasteiger partial charge in [0.15, 0.2) is 0 Å². The van der Waals surface area contributed by atoms with Crippen LogP contribution in [0.5, 0.6) is 0 Å². The van der Waals surface area contributed by atoms with Crippen molar-refractivity contribution in [3.05, 3.63) is 35.5 Å². The summed E-state index contributed by atoms with van der Waals surface area (Å²) in [5.74, 6) is 0. The molecular formula is C15H19NO. The Morgan fingerprint density at radius 2 is 2.06 bits per heavy atom. The maximum absolute atomic E-state index is 6.02. The van der Waals surface area contributed by atoms with Crippen LogP contribution in [0, 0.1) is 6.92 Å². The van der Waals surface area contributed by atoms with Crippen molar-refractivity contribution >= 4 is 10.9 Å². The van der Waals surface area contributed by atoms with Crippen LogP contribution in [0.3, 0.4) is 0 Å². The summed E-state index contributed by atoms with van der Waals surface area (Å²) < 4.78 is 8.29. The molecule has 3 rings (SSSR count). The molecule has 90 valence electrons. The third-order valence-corrected chi connectivity index (χ3v) is 4.15. The maximum Gasteiger partial charge on any atom is 0.0927 e. The second kappa shape index (κ2) is 3.61. The summed E-state index contributed by atoms with van der Waals surface area (Å²) in [6.45, 7) is 5.32. The lowest BCUT2D eigenvalue weighted by molar-refractivity contribution is 0.0174. The van der Waals surface area contributed by atoms with Crippen LogP contribution in [0.25, 0.3) is 10.9 Å². The predicted octanol–water partition coefficient (Wildman–Crippen LogP) is 3.51. The van der Waals surface area contributed by atoms with Crippen molar-refractivity contribution in [2.45, 2.75) is 32.3 Å². The van der Waals surface area contributed by atoms with Crippen LogP contribution >= 0.6 is 0 Å². The van der Waals surface area contributed by atoms with Crippen molar-refractivity contribution in [2.24, 2.45) is 7.05 Å². The SMILES string of the molecule is Cc1c(C2(C)CCCO2)c2ccccc2n1C. The number of hydrogen-bond acceptors (Lipinski definition) is 1. The molecule has 2 heteroatoms. The minimum absolute atomic E-state index is 0.0923. The topological polar surface area (TPSA) is 14.2 Å². The Kier molecular flexibility index (Phi) is 2.30. The number of ether oxygens (including phenoxy) is 1. The van der Waals surface area contributed by atoms with Gasteiger partial charge in [-0.3, -0.25) is 0 Å². The number of para-hydroxylation sites is 1. The van der Waals surface area contributed by atoms with Gasteiger partial charge >= 0.3 is 0 Å². The van der Waals surface area contributed by atoms with E-state index in [1.165, 1.54) is 28.6 Å². The molecule has 2 heterocycles. The maximum atomic E-state index is 6.02.